The summed E-state index contributed by atoms with van der Waals surface area (Å²) in [6.45, 7) is 10.0. The van der Waals surface area contributed by atoms with Crippen molar-refractivity contribution in [2.45, 2.75) is 52.0 Å². The maximum absolute atomic E-state index is 12.0. The summed E-state index contributed by atoms with van der Waals surface area (Å²) < 4.78 is 0. The van der Waals surface area contributed by atoms with Crippen molar-refractivity contribution in [2.75, 3.05) is 32.7 Å². The van der Waals surface area contributed by atoms with Crippen LogP contribution in [0, 0.1) is 11.8 Å². The van der Waals surface area contributed by atoms with Crippen LogP contribution in [0.25, 0.3) is 0 Å². The van der Waals surface area contributed by atoms with Crippen LogP contribution < -0.4 is 5.32 Å². The molecule has 1 N–H and O–H groups in total. The smallest absolute Gasteiger partial charge is 0.317 e. The minimum Gasteiger partial charge on any atom is -0.338 e. The molecule has 3 rings (SSSR count). The number of likely N-dealkylation sites (tertiary alicyclic amines) is 1. The van der Waals surface area contributed by atoms with Gasteiger partial charge in [-0.15, -0.1) is 0 Å². The summed E-state index contributed by atoms with van der Waals surface area (Å²) in [5.74, 6) is 1.55. The fourth-order valence-corrected chi connectivity index (χ4v) is 4.39. The first-order chi connectivity index (χ1) is 10.6. The lowest BCUT2D eigenvalue weighted by Crippen LogP contribution is -2.54. The summed E-state index contributed by atoms with van der Waals surface area (Å²) in [6.07, 6.45) is 8.40. The molecule has 2 unspecified atom stereocenters. The number of rotatable bonds is 3. The fourth-order valence-electron chi connectivity index (χ4n) is 4.39. The first-order valence-corrected chi connectivity index (χ1v) is 9.08. The third-order valence-corrected chi connectivity index (χ3v) is 5.93. The van der Waals surface area contributed by atoms with E-state index in [2.05, 4.69) is 35.0 Å². The summed E-state index contributed by atoms with van der Waals surface area (Å²) >= 11 is 0. The quantitative estimate of drug-likeness (QED) is 0.814. The molecule has 3 aliphatic rings. The Morgan fingerprint density at radius 3 is 2.68 bits per heavy atom. The Labute approximate surface area is 134 Å². The van der Waals surface area contributed by atoms with E-state index in [-0.39, 0.29) is 6.03 Å². The van der Waals surface area contributed by atoms with E-state index in [4.69, 9.17) is 0 Å². The van der Waals surface area contributed by atoms with Crippen molar-refractivity contribution in [3.8, 4) is 0 Å². The SMILES string of the molecule is CC1=CCCC(C)C1CN1CCC(N2CCCNC2=O)CC1. The van der Waals surface area contributed by atoms with E-state index in [1.165, 1.54) is 19.4 Å². The van der Waals surface area contributed by atoms with Crippen LogP contribution >= 0.6 is 0 Å². The lowest BCUT2D eigenvalue weighted by Gasteiger charge is -2.42. The molecule has 0 bridgehead atoms. The first kappa shape index (κ1) is 15.9. The second-order valence-electron chi connectivity index (χ2n) is 7.42. The summed E-state index contributed by atoms with van der Waals surface area (Å²) in [6, 6.07) is 0.612. The predicted octanol–water partition coefficient (Wildman–Crippen LogP) is 2.86. The molecular formula is C18H31N3O. The molecule has 0 aromatic rings. The van der Waals surface area contributed by atoms with Crippen LogP contribution in [0.15, 0.2) is 11.6 Å². The second-order valence-corrected chi connectivity index (χ2v) is 7.42. The molecule has 0 radical (unpaired) electrons. The average Bonchev–Trinajstić information content (AvgIpc) is 2.52. The minimum absolute atomic E-state index is 0.157. The van der Waals surface area contributed by atoms with Gasteiger partial charge in [0.25, 0.3) is 0 Å². The highest BCUT2D eigenvalue weighted by Gasteiger charge is 2.31. The largest absolute Gasteiger partial charge is 0.338 e. The van der Waals surface area contributed by atoms with Gasteiger partial charge in [0, 0.05) is 38.8 Å². The molecule has 0 aromatic heterocycles. The van der Waals surface area contributed by atoms with Gasteiger partial charge < -0.3 is 15.1 Å². The van der Waals surface area contributed by atoms with Crippen LogP contribution in [0.4, 0.5) is 4.79 Å². The number of allylic oxidation sites excluding steroid dienone is 1. The van der Waals surface area contributed by atoms with Gasteiger partial charge in [0.1, 0.15) is 0 Å². The van der Waals surface area contributed by atoms with Crippen LogP contribution in [0.1, 0.15) is 46.0 Å². The van der Waals surface area contributed by atoms with E-state index >= 15 is 0 Å². The highest BCUT2D eigenvalue weighted by Crippen LogP contribution is 2.31. The van der Waals surface area contributed by atoms with Gasteiger partial charge in [-0.25, -0.2) is 4.79 Å². The highest BCUT2D eigenvalue weighted by atomic mass is 16.2. The monoisotopic (exact) mass is 305 g/mol. The molecule has 4 heteroatoms. The summed E-state index contributed by atoms with van der Waals surface area (Å²) in [7, 11) is 0. The first-order valence-electron chi connectivity index (χ1n) is 9.08. The zero-order valence-electron chi connectivity index (χ0n) is 14.2. The van der Waals surface area contributed by atoms with Gasteiger partial charge in [0.2, 0.25) is 0 Å². The van der Waals surface area contributed by atoms with E-state index in [0.29, 0.717) is 6.04 Å². The fraction of sp³-hybridized carbons (Fsp3) is 0.833. The summed E-state index contributed by atoms with van der Waals surface area (Å²) in [5.41, 5.74) is 1.59. The molecule has 2 heterocycles. The lowest BCUT2D eigenvalue weighted by atomic mass is 9.79. The van der Waals surface area contributed by atoms with Crippen molar-refractivity contribution in [2.24, 2.45) is 11.8 Å². The molecule has 2 amide bonds. The molecule has 0 spiro atoms. The number of urea groups is 1. The zero-order chi connectivity index (χ0) is 15.5. The van der Waals surface area contributed by atoms with E-state index in [9.17, 15) is 4.79 Å². The standard InChI is InChI=1S/C18H31N3O/c1-14-5-3-6-15(2)17(14)13-20-11-7-16(8-12-20)21-10-4-9-19-18(21)22/h5,15-17H,3-4,6-13H2,1-2H3,(H,19,22). The molecule has 4 nitrogen and oxygen atoms in total. The third-order valence-electron chi connectivity index (χ3n) is 5.93. The van der Waals surface area contributed by atoms with Crippen LogP contribution in [0.5, 0.6) is 0 Å². The molecule has 2 atom stereocenters. The Kier molecular flexibility index (Phi) is 5.07. The molecule has 22 heavy (non-hydrogen) atoms. The van der Waals surface area contributed by atoms with Crippen LogP contribution in [-0.4, -0.2) is 54.6 Å². The van der Waals surface area contributed by atoms with Crippen molar-refractivity contribution < 1.29 is 4.79 Å². The molecular weight excluding hydrogens is 274 g/mol. The van der Waals surface area contributed by atoms with Gasteiger partial charge in [0.15, 0.2) is 0 Å². The molecule has 0 saturated carbocycles. The molecule has 2 saturated heterocycles. The molecule has 2 fully saturated rings. The molecule has 0 aromatic carbocycles. The Balaban J connectivity index is 1.50. The van der Waals surface area contributed by atoms with Gasteiger partial charge in [-0.2, -0.15) is 0 Å². The Bertz CT molecular complexity index is 426. The minimum atomic E-state index is 0.157. The topological polar surface area (TPSA) is 35.6 Å². The number of carbonyl (C=O) groups excluding carboxylic acids is 1. The van der Waals surface area contributed by atoms with Crippen LogP contribution in [0.3, 0.4) is 0 Å². The third kappa shape index (κ3) is 3.48. The summed E-state index contributed by atoms with van der Waals surface area (Å²) in [5, 5.41) is 2.98. The lowest BCUT2D eigenvalue weighted by molar-refractivity contribution is 0.100. The van der Waals surface area contributed by atoms with Crippen molar-refractivity contribution in [3.63, 3.8) is 0 Å². The number of piperidine rings is 1. The number of carbonyl (C=O) groups is 1. The van der Waals surface area contributed by atoms with Crippen molar-refractivity contribution in [1.82, 2.24) is 15.1 Å². The maximum atomic E-state index is 12.0. The Hall–Kier alpha value is -1.03. The van der Waals surface area contributed by atoms with Gasteiger partial charge in [-0.05, 0) is 50.9 Å². The van der Waals surface area contributed by atoms with Crippen molar-refractivity contribution in [3.05, 3.63) is 11.6 Å². The predicted molar refractivity (Wildman–Crippen MR) is 89.8 cm³/mol. The summed E-state index contributed by atoms with van der Waals surface area (Å²) in [4.78, 5) is 16.7. The van der Waals surface area contributed by atoms with E-state index < -0.39 is 0 Å². The van der Waals surface area contributed by atoms with E-state index in [0.717, 1.165) is 57.3 Å². The highest BCUT2D eigenvalue weighted by molar-refractivity contribution is 5.75. The van der Waals surface area contributed by atoms with E-state index in [1.54, 1.807) is 5.57 Å². The number of hydrogen-bond acceptors (Lipinski definition) is 2. The molecule has 2 aliphatic heterocycles. The van der Waals surface area contributed by atoms with Crippen molar-refractivity contribution in [1.29, 1.82) is 0 Å². The Morgan fingerprint density at radius 2 is 2.00 bits per heavy atom. The van der Waals surface area contributed by atoms with Gasteiger partial charge in [0.05, 0.1) is 0 Å². The van der Waals surface area contributed by atoms with Crippen molar-refractivity contribution >= 4 is 6.03 Å². The normalized spacial score (nSPS) is 31.8. The average molecular weight is 305 g/mol. The maximum Gasteiger partial charge on any atom is 0.317 e. The number of amides is 2. The number of nitrogens with zero attached hydrogens (tertiary/aromatic N) is 2. The molecule has 124 valence electrons. The zero-order valence-corrected chi connectivity index (χ0v) is 14.2. The molecule has 1 aliphatic carbocycles. The van der Waals surface area contributed by atoms with Gasteiger partial charge in [-0.3, -0.25) is 0 Å². The van der Waals surface area contributed by atoms with E-state index in [1.807, 2.05) is 0 Å². The van der Waals surface area contributed by atoms with Gasteiger partial charge >= 0.3 is 6.03 Å². The number of hydrogen-bond donors (Lipinski definition) is 1. The number of nitrogens with one attached hydrogen (secondary N) is 1. The van der Waals surface area contributed by atoms with Gasteiger partial charge in [-0.1, -0.05) is 18.6 Å². The Morgan fingerprint density at radius 1 is 1.23 bits per heavy atom. The second kappa shape index (κ2) is 7.03. The van der Waals surface area contributed by atoms with Crippen LogP contribution in [0.2, 0.25) is 0 Å². The van der Waals surface area contributed by atoms with Crippen LogP contribution in [-0.2, 0) is 0 Å².